The van der Waals surface area contributed by atoms with Crippen LogP contribution in [-0.4, -0.2) is 35.8 Å². The fourth-order valence-electron chi connectivity index (χ4n) is 4.63. The molecule has 1 atom stereocenters. The molecule has 1 heterocycles. The largest absolute Gasteiger partial charge is 0.341 e. The molecule has 0 unspecified atom stereocenters. The van der Waals surface area contributed by atoms with Gasteiger partial charge in [0.1, 0.15) is 6.04 Å². The van der Waals surface area contributed by atoms with Crippen molar-refractivity contribution >= 4 is 23.4 Å². The summed E-state index contributed by atoms with van der Waals surface area (Å²) < 4.78 is 0. The first-order chi connectivity index (χ1) is 14.7. The summed E-state index contributed by atoms with van der Waals surface area (Å²) in [6.07, 6.45) is 1.84. The summed E-state index contributed by atoms with van der Waals surface area (Å²) in [6.45, 7) is 11.3. The summed E-state index contributed by atoms with van der Waals surface area (Å²) >= 11 is 6.01. The highest BCUT2D eigenvalue weighted by molar-refractivity contribution is 6.30. The Labute approximate surface area is 198 Å². The second-order valence-electron chi connectivity index (χ2n) is 9.12. The second-order valence-corrected chi connectivity index (χ2v) is 9.56. The summed E-state index contributed by atoms with van der Waals surface area (Å²) in [5, 5.41) is 3.78. The van der Waals surface area contributed by atoms with Gasteiger partial charge >= 0.3 is 0 Å². The van der Waals surface area contributed by atoms with Gasteiger partial charge in [-0.3, -0.25) is 9.59 Å². The minimum absolute atomic E-state index is 0. The van der Waals surface area contributed by atoms with Crippen LogP contribution in [0.2, 0.25) is 5.02 Å². The Hall–Kier alpha value is -2.33. The fraction of sp³-hybridized carbons (Fsp3) is 0.481. The minimum Gasteiger partial charge on any atom is -0.341 e. The van der Waals surface area contributed by atoms with E-state index in [9.17, 15) is 9.59 Å². The smallest absolute Gasteiger partial charge is 0.252 e. The SMILES string of the molecule is C.Cc1cc(C)c(C(=O)N[C@@H](C(=O)N2CCC(c3ccc(Cl)cc3)CC2)C(C)C)c(C)c1. The van der Waals surface area contributed by atoms with Gasteiger partial charge in [0, 0.05) is 23.7 Å². The van der Waals surface area contributed by atoms with E-state index in [4.69, 9.17) is 11.6 Å². The van der Waals surface area contributed by atoms with Crippen LogP contribution in [-0.2, 0) is 4.79 Å². The standard InChI is InChI=1S/C26H33ClN2O2.CH4/c1-16(2)24(28-25(30)23-18(4)14-17(3)15-19(23)5)26(31)29-12-10-21(11-13-29)20-6-8-22(27)9-7-20;/h6-9,14-16,21,24H,10-13H2,1-5H3,(H,28,30);1H4/t24-;/m1./s1. The normalized spacial score (nSPS) is 15.3. The molecule has 0 saturated carbocycles. The van der Waals surface area contributed by atoms with E-state index in [0.29, 0.717) is 24.6 Å². The average molecular weight is 457 g/mol. The molecule has 2 amide bonds. The Bertz CT molecular complexity index is 922. The minimum atomic E-state index is -0.528. The molecule has 1 aliphatic heterocycles. The van der Waals surface area contributed by atoms with E-state index in [1.807, 2.05) is 63.8 Å². The summed E-state index contributed by atoms with van der Waals surface area (Å²) in [7, 11) is 0. The van der Waals surface area contributed by atoms with Gasteiger partial charge in [-0.15, -0.1) is 0 Å². The summed E-state index contributed by atoms with van der Waals surface area (Å²) in [4.78, 5) is 28.3. The van der Waals surface area contributed by atoms with Gasteiger partial charge in [0.25, 0.3) is 5.91 Å². The van der Waals surface area contributed by atoms with Crippen molar-refractivity contribution in [2.24, 2.45) is 5.92 Å². The van der Waals surface area contributed by atoms with Crippen molar-refractivity contribution in [3.05, 3.63) is 69.2 Å². The quantitative estimate of drug-likeness (QED) is 0.594. The molecule has 0 bridgehead atoms. The van der Waals surface area contributed by atoms with E-state index in [-0.39, 0.29) is 25.2 Å². The summed E-state index contributed by atoms with van der Waals surface area (Å²) in [5.41, 5.74) is 4.95. The topological polar surface area (TPSA) is 49.4 Å². The van der Waals surface area contributed by atoms with Gasteiger partial charge in [0.2, 0.25) is 5.91 Å². The lowest BCUT2D eigenvalue weighted by atomic mass is 9.89. The van der Waals surface area contributed by atoms with Crippen molar-refractivity contribution in [1.82, 2.24) is 10.2 Å². The first kappa shape index (κ1) is 25.9. The lowest BCUT2D eigenvalue weighted by molar-refractivity contribution is -0.135. The molecule has 0 aromatic heterocycles. The molecule has 4 nitrogen and oxygen atoms in total. The van der Waals surface area contributed by atoms with Gasteiger partial charge in [-0.2, -0.15) is 0 Å². The first-order valence-corrected chi connectivity index (χ1v) is 11.5. The fourth-order valence-corrected chi connectivity index (χ4v) is 4.76. The zero-order valence-corrected chi connectivity index (χ0v) is 19.9. The molecule has 1 saturated heterocycles. The van der Waals surface area contributed by atoms with Crippen molar-refractivity contribution in [3.8, 4) is 0 Å². The number of hydrogen-bond acceptors (Lipinski definition) is 2. The third-order valence-corrected chi connectivity index (χ3v) is 6.52. The van der Waals surface area contributed by atoms with Crippen LogP contribution in [0.25, 0.3) is 0 Å². The number of likely N-dealkylation sites (tertiary alicyclic amines) is 1. The molecule has 5 heteroatoms. The second kappa shape index (κ2) is 11.0. The van der Waals surface area contributed by atoms with Gasteiger partial charge in [0.05, 0.1) is 0 Å². The molecule has 0 aliphatic carbocycles. The van der Waals surface area contributed by atoms with Crippen molar-refractivity contribution in [1.29, 1.82) is 0 Å². The van der Waals surface area contributed by atoms with Crippen molar-refractivity contribution in [3.63, 3.8) is 0 Å². The number of benzene rings is 2. The molecule has 0 spiro atoms. The van der Waals surface area contributed by atoms with Crippen LogP contribution in [0, 0.1) is 26.7 Å². The summed E-state index contributed by atoms with van der Waals surface area (Å²) in [5.74, 6) is 0.293. The molecule has 3 rings (SSSR count). The Morgan fingerprint density at radius 3 is 2.03 bits per heavy atom. The van der Waals surface area contributed by atoms with Crippen LogP contribution in [0.4, 0.5) is 0 Å². The van der Waals surface area contributed by atoms with Gasteiger partial charge in [0.15, 0.2) is 0 Å². The molecule has 2 aromatic carbocycles. The lowest BCUT2D eigenvalue weighted by Gasteiger charge is -2.35. The summed E-state index contributed by atoms with van der Waals surface area (Å²) in [6, 6.07) is 11.5. The van der Waals surface area contributed by atoms with Gasteiger partial charge in [-0.1, -0.05) is 62.7 Å². The number of hydrogen-bond donors (Lipinski definition) is 1. The predicted molar refractivity (Wildman–Crippen MR) is 133 cm³/mol. The molecule has 174 valence electrons. The van der Waals surface area contributed by atoms with Crippen LogP contribution < -0.4 is 5.32 Å². The van der Waals surface area contributed by atoms with Gasteiger partial charge in [-0.05, 0) is 74.3 Å². The molecule has 1 fully saturated rings. The number of piperidine rings is 1. The van der Waals surface area contributed by atoms with Crippen LogP contribution >= 0.6 is 11.6 Å². The maximum Gasteiger partial charge on any atom is 0.252 e. The van der Waals surface area contributed by atoms with E-state index in [1.54, 1.807) is 0 Å². The third kappa shape index (κ3) is 5.92. The zero-order valence-electron chi connectivity index (χ0n) is 19.2. The molecule has 1 N–H and O–H groups in total. The number of nitrogens with zero attached hydrogens (tertiary/aromatic N) is 1. The first-order valence-electron chi connectivity index (χ1n) is 11.1. The van der Waals surface area contributed by atoms with Gasteiger partial charge < -0.3 is 10.2 Å². The number of carbonyl (C=O) groups is 2. The Balaban J connectivity index is 0.00000363. The highest BCUT2D eigenvalue weighted by Gasteiger charge is 2.32. The zero-order chi connectivity index (χ0) is 22.7. The monoisotopic (exact) mass is 456 g/mol. The Kier molecular flexibility index (Phi) is 8.91. The number of halogens is 1. The van der Waals surface area contributed by atoms with Crippen LogP contribution in [0.5, 0.6) is 0 Å². The van der Waals surface area contributed by atoms with Crippen LogP contribution in [0.1, 0.15) is 72.6 Å². The average Bonchev–Trinajstić information content (AvgIpc) is 2.71. The molecular weight excluding hydrogens is 420 g/mol. The number of amides is 2. The van der Waals surface area contributed by atoms with E-state index in [0.717, 1.165) is 34.6 Å². The maximum absolute atomic E-state index is 13.3. The molecule has 0 radical (unpaired) electrons. The lowest BCUT2D eigenvalue weighted by Crippen LogP contribution is -2.53. The van der Waals surface area contributed by atoms with Crippen LogP contribution in [0.3, 0.4) is 0 Å². The molecule has 1 aliphatic rings. The van der Waals surface area contributed by atoms with E-state index < -0.39 is 6.04 Å². The number of aryl methyl sites for hydroxylation is 3. The van der Waals surface area contributed by atoms with E-state index in [2.05, 4.69) is 17.4 Å². The molecular formula is C27H37ClN2O2. The number of rotatable bonds is 5. The predicted octanol–water partition coefficient (Wildman–Crippen LogP) is 6.06. The van der Waals surface area contributed by atoms with E-state index >= 15 is 0 Å². The molecule has 2 aromatic rings. The van der Waals surface area contributed by atoms with Crippen LogP contribution in [0.15, 0.2) is 36.4 Å². The van der Waals surface area contributed by atoms with Crippen molar-refractivity contribution < 1.29 is 9.59 Å². The number of nitrogens with one attached hydrogen (secondary N) is 1. The van der Waals surface area contributed by atoms with Crippen molar-refractivity contribution in [2.45, 2.75) is 66.8 Å². The highest BCUT2D eigenvalue weighted by Crippen LogP contribution is 2.29. The highest BCUT2D eigenvalue weighted by atomic mass is 35.5. The maximum atomic E-state index is 13.3. The van der Waals surface area contributed by atoms with Crippen molar-refractivity contribution in [2.75, 3.05) is 13.1 Å². The van der Waals surface area contributed by atoms with Gasteiger partial charge in [-0.25, -0.2) is 0 Å². The Morgan fingerprint density at radius 2 is 1.53 bits per heavy atom. The molecule has 32 heavy (non-hydrogen) atoms. The van der Waals surface area contributed by atoms with E-state index in [1.165, 1.54) is 5.56 Å². The third-order valence-electron chi connectivity index (χ3n) is 6.27. The number of carbonyl (C=O) groups excluding carboxylic acids is 2. The Morgan fingerprint density at radius 1 is 1.00 bits per heavy atom.